The second kappa shape index (κ2) is 3.72. The maximum atomic E-state index is 6.88. The van der Waals surface area contributed by atoms with Gasteiger partial charge in [0.1, 0.15) is 11.5 Å². The second-order valence-corrected chi connectivity index (χ2v) is 2.48. The number of hydrogen-bond acceptors (Lipinski definition) is 2. The molecule has 1 aromatic carbocycles. The lowest BCUT2D eigenvalue weighted by atomic mass is 10.2. The van der Waals surface area contributed by atoms with Crippen molar-refractivity contribution < 1.29 is 4.74 Å². The maximum Gasteiger partial charge on any atom is 0.137 e. The van der Waals surface area contributed by atoms with E-state index in [2.05, 4.69) is 6.58 Å². The predicted octanol–water partition coefficient (Wildman–Crippen LogP) is 2.54. The number of para-hydroxylation sites is 1. The van der Waals surface area contributed by atoms with Crippen LogP contribution in [-0.2, 0) is 0 Å². The fraction of sp³-hybridized carbons (Fsp3) is 0.100. The van der Waals surface area contributed by atoms with Crippen LogP contribution in [0.2, 0.25) is 0 Å². The molecule has 0 saturated heterocycles. The van der Waals surface area contributed by atoms with Gasteiger partial charge in [-0.25, -0.2) is 0 Å². The molecule has 0 atom stereocenters. The molecule has 0 aliphatic rings. The van der Waals surface area contributed by atoms with Gasteiger partial charge in [-0.15, -0.1) is 0 Å². The monoisotopic (exact) mass is 161 g/mol. The first-order valence-corrected chi connectivity index (χ1v) is 3.67. The first kappa shape index (κ1) is 8.53. The summed E-state index contributed by atoms with van der Waals surface area (Å²) in [5.41, 5.74) is 1.04. The van der Waals surface area contributed by atoms with Crippen LogP contribution in [0.25, 0.3) is 0 Å². The van der Waals surface area contributed by atoms with E-state index < -0.39 is 0 Å². The Kier molecular flexibility index (Phi) is 2.64. The highest BCUT2D eigenvalue weighted by Gasteiger charge is 1.97. The van der Waals surface area contributed by atoms with Gasteiger partial charge in [-0.05, 0) is 18.6 Å². The van der Waals surface area contributed by atoms with Crippen molar-refractivity contribution in [1.29, 1.82) is 5.41 Å². The smallest absolute Gasteiger partial charge is 0.137 e. The largest absolute Gasteiger partial charge is 0.456 e. The third kappa shape index (κ3) is 1.95. The minimum absolute atomic E-state index is 0.351. The Morgan fingerprint density at radius 3 is 2.75 bits per heavy atom. The molecule has 0 aliphatic carbocycles. The number of aryl methyl sites for hydroxylation is 1. The van der Waals surface area contributed by atoms with E-state index >= 15 is 0 Å². The SMILES string of the molecule is C=C(C=N)Oc1ccccc1C. The first-order chi connectivity index (χ1) is 5.74. The standard InChI is InChI=1S/C10H11NO/c1-8-5-3-4-6-10(8)12-9(2)7-11/h3-7,11H,2H2,1H3. The zero-order valence-corrected chi connectivity index (χ0v) is 7.00. The molecule has 1 rings (SSSR count). The second-order valence-electron chi connectivity index (χ2n) is 2.48. The summed E-state index contributed by atoms with van der Waals surface area (Å²) >= 11 is 0. The molecule has 12 heavy (non-hydrogen) atoms. The lowest BCUT2D eigenvalue weighted by Gasteiger charge is -2.06. The van der Waals surface area contributed by atoms with Crippen LogP contribution in [0.1, 0.15) is 5.56 Å². The van der Waals surface area contributed by atoms with Gasteiger partial charge >= 0.3 is 0 Å². The lowest BCUT2D eigenvalue weighted by Crippen LogP contribution is -1.95. The van der Waals surface area contributed by atoms with Gasteiger partial charge < -0.3 is 10.1 Å². The van der Waals surface area contributed by atoms with Gasteiger partial charge in [0.25, 0.3) is 0 Å². The van der Waals surface area contributed by atoms with E-state index in [-0.39, 0.29) is 0 Å². The molecule has 0 amide bonds. The van der Waals surface area contributed by atoms with E-state index in [1.165, 1.54) is 0 Å². The van der Waals surface area contributed by atoms with Crippen molar-refractivity contribution in [2.24, 2.45) is 0 Å². The van der Waals surface area contributed by atoms with Crippen molar-refractivity contribution in [3.05, 3.63) is 42.2 Å². The Hall–Kier alpha value is -1.57. The predicted molar refractivity (Wildman–Crippen MR) is 49.7 cm³/mol. The topological polar surface area (TPSA) is 33.1 Å². The lowest BCUT2D eigenvalue weighted by molar-refractivity contribution is 0.455. The molecule has 0 saturated carbocycles. The van der Waals surface area contributed by atoms with Crippen LogP contribution in [0, 0.1) is 12.3 Å². The molecule has 0 radical (unpaired) electrons. The number of nitrogens with one attached hydrogen (secondary N) is 1. The quantitative estimate of drug-likeness (QED) is 0.536. The first-order valence-electron chi connectivity index (χ1n) is 3.67. The molecule has 2 nitrogen and oxygen atoms in total. The van der Waals surface area contributed by atoms with E-state index in [9.17, 15) is 0 Å². The average Bonchev–Trinajstić information content (AvgIpc) is 2.09. The highest BCUT2D eigenvalue weighted by Crippen LogP contribution is 2.17. The Morgan fingerprint density at radius 2 is 2.17 bits per heavy atom. The Morgan fingerprint density at radius 1 is 1.50 bits per heavy atom. The Labute approximate surface area is 72.0 Å². The number of rotatable bonds is 3. The molecular weight excluding hydrogens is 150 g/mol. The van der Waals surface area contributed by atoms with Gasteiger partial charge in [0.05, 0.1) is 6.21 Å². The van der Waals surface area contributed by atoms with E-state index in [1.807, 2.05) is 31.2 Å². The van der Waals surface area contributed by atoms with Crippen LogP contribution < -0.4 is 4.74 Å². The zero-order valence-electron chi connectivity index (χ0n) is 7.00. The summed E-state index contributed by atoms with van der Waals surface area (Å²) in [6, 6.07) is 7.63. The summed E-state index contributed by atoms with van der Waals surface area (Å²) < 4.78 is 5.26. The van der Waals surface area contributed by atoms with Gasteiger partial charge in [0, 0.05) is 0 Å². The summed E-state index contributed by atoms with van der Waals surface area (Å²) in [6.45, 7) is 5.50. The third-order valence-electron chi connectivity index (χ3n) is 1.50. The Balaban J connectivity index is 2.82. The number of benzene rings is 1. The van der Waals surface area contributed by atoms with Crippen LogP contribution >= 0.6 is 0 Å². The highest BCUT2D eigenvalue weighted by atomic mass is 16.5. The van der Waals surface area contributed by atoms with Crippen molar-refractivity contribution in [2.75, 3.05) is 0 Å². The third-order valence-corrected chi connectivity index (χ3v) is 1.50. The van der Waals surface area contributed by atoms with Crippen LogP contribution in [0.15, 0.2) is 36.6 Å². The molecule has 0 fully saturated rings. The summed E-state index contributed by atoms with van der Waals surface area (Å²) in [5.74, 6) is 1.11. The van der Waals surface area contributed by atoms with Crippen LogP contribution in [0.5, 0.6) is 5.75 Å². The van der Waals surface area contributed by atoms with E-state index in [1.54, 1.807) is 0 Å². The minimum Gasteiger partial charge on any atom is -0.456 e. The van der Waals surface area contributed by atoms with Crippen molar-refractivity contribution >= 4 is 6.21 Å². The highest BCUT2D eigenvalue weighted by molar-refractivity contribution is 5.72. The molecule has 2 heteroatoms. The van der Waals surface area contributed by atoms with Gasteiger partial charge in [-0.1, -0.05) is 24.8 Å². The average molecular weight is 161 g/mol. The van der Waals surface area contributed by atoms with Crippen molar-refractivity contribution in [1.82, 2.24) is 0 Å². The molecule has 62 valence electrons. The molecule has 0 heterocycles. The van der Waals surface area contributed by atoms with Crippen LogP contribution in [-0.4, -0.2) is 6.21 Å². The van der Waals surface area contributed by atoms with Gasteiger partial charge in [0.15, 0.2) is 0 Å². The van der Waals surface area contributed by atoms with Gasteiger partial charge in [-0.3, -0.25) is 0 Å². The van der Waals surface area contributed by atoms with Crippen molar-refractivity contribution in [3.63, 3.8) is 0 Å². The molecule has 1 N–H and O–H groups in total. The van der Waals surface area contributed by atoms with E-state index in [0.717, 1.165) is 17.5 Å². The van der Waals surface area contributed by atoms with Gasteiger partial charge in [-0.2, -0.15) is 0 Å². The molecular formula is C10H11NO. The molecule has 0 aromatic heterocycles. The van der Waals surface area contributed by atoms with Crippen LogP contribution in [0.3, 0.4) is 0 Å². The number of allylic oxidation sites excluding steroid dienone is 1. The summed E-state index contributed by atoms with van der Waals surface area (Å²) in [7, 11) is 0. The zero-order chi connectivity index (χ0) is 8.97. The van der Waals surface area contributed by atoms with E-state index in [0.29, 0.717) is 5.76 Å². The fourth-order valence-electron chi connectivity index (χ4n) is 0.842. The summed E-state index contributed by atoms with van der Waals surface area (Å²) in [6.07, 6.45) is 1.09. The number of ether oxygens (including phenoxy) is 1. The number of hydrogen-bond donors (Lipinski definition) is 1. The molecule has 0 bridgehead atoms. The normalized spacial score (nSPS) is 9.08. The Bertz CT molecular complexity index is 304. The maximum absolute atomic E-state index is 6.88. The molecule has 0 aliphatic heterocycles. The van der Waals surface area contributed by atoms with Crippen molar-refractivity contribution in [3.8, 4) is 5.75 Å². The van der Waals surface area contributed by atoms with Gasteiger partial charge in [0.2, 0.25) is 0 Å². The minimum atomic E-state index is 0.351. The fourth-order valence-corrected chi connectivity index (χ4v) is 0.842. The van der Waals surface area contributed by atoms with E-state index in [4.69, 9.17) is 10.1 Å². The van der Waals surface area contributed by atoms with Crippen molar-refractivity contribution in [2.45, 2.75) is 6.92 Å². The summed E-state index contributed by atoms with van der Waals surface area (Å²) in [4.78, 5) is 0. The molecule has 0 unspecified atom stereocenters. The molecule has 1 aromatic rings. The van der Waals surface area contributed by atoms with Crippen LogP contribution in [0.4, 0.5) is 0 Å². The molecule has 0 spiro atoms. The summed E-state index contributed by atoms with van der Waals surface area (Å²) in [5, 5.41) is 6.88.